The number of ether oxygens (including phenoxy) is 1. The van der Waals surface area contributed by atoms with Crippen LogP contribution in [0.2, 0.25) is 5.02 Å². The molecule has 4 aromatic carbocycles. The van der Waals surface area contributed by atoms with E-state index >= 15 is 0 Å². The third kappa shape index (κ3) is 8.89. The van der Waals surface area contributed by atoms with Crippen molar-refractivity contribution in [2.24, 2.45) is 0 Å². The fraction of sp³-hybridized carbons (Fsp3) is 0.278. The van der Waals surface area contributed by atoms with Gasteiger partial charge in [0.15, 0.2) is 0 Å². The Kier molecular flexibility index (Phi) is 12.2. The summed E-state index contributed by atoms with van der Waals surface area (Å²) in [4.78, 5) is 29.9. The van der Waals surface area contributed by atoms with Crippen molar-refractivity contribution in [3.05, 3.63) is 125 Å². The van der Waals surface area contributed by atoms with Crippen molar-refractivity contribution in [2.75, 3.05) is 24.5 Å². The largest absolute Gasteiger partial charge is 0.497 e. The third-order valence-electron chi connectivity index (χ3n) is 7.60. The predicted molar refractivity (Wildman–Crippen MR) is 183 cm³/mol. The number of rotatable bonds is 15. The van der Waals surface area contributed by atoms with Crippen LogP contribution in [0.4, 0.5) is 5.69 Å². The second-order valence-electron chi connectivity index (χ2n) is 11.0. The van der Waals surface area contributed by atoms with Crippen molar-refractivity contribution >= 4 is 39.1 Å². The van der Waals surface area contributed by atoms with E-state index in [1.807, 2.05) is 56.3 Å². The van der Waals surface area contributed by atoms with Crippen LogP contribution in [-0.4, -0.2) is 51.4 Å². The molecule has 0 bridgehead atoms. The van der Waals surface area contributed by atoms with Crippen molar-refractivity contribution in [2.45, 2.75) is 50.6 Å². The lowest BCUT2D eigenvalue weighted by molar-refractivity contribution is -0.140. The van der Waals surface area contributed by atoms with Gasteiger partial charge in [-0.05, 0) is 60.9 Å². The Morgan fingerprint density at radius 3 is 2.24 bits per heavy atom. The molecule has 1 atom stereocenters. The summed E-state index contributed by atoms with van der Waals surface area (Å²) in [6.07, 6.45) is 1.90. The SMILES string of the molecule is CCCCNC(=O)C(Cc1ccccc1)N(Cc1cccc(OC)c1)C(=O)CN(c1ccccc1Cl)S(=O)(=O)c1ccc(C)cc1. The van der Waals surface area contributed by atoms with E-state index in [9.17, 15) is 18.0 Å². The molecule has 0 aliphatic rings. The van der Waals surface area contributed by atoms with Crippen LogP contribution in [-0.2, 0) is 32.6 Å². The molecule has 0 fully saturated rings. The van der Waals surface area contributed by atoms with E-state index in [1.165, 1.54) is 17.0 Å². The minimum absolute atomic E-state index is 0.0170. The molecule has 0 spiro atoms. The van der Waals surface area contributed by atoms with Crippen LogP contribution in [0.25, 0.3) is 0 Å². The summed E-state index contributed by atoms with van der Waals surface area (Å²) in [6.45, 7) is 3.80. The van der Waals surface area contributed by atoms with Gasteiger partial charge in [-0.15, -0.1) is 0 Å². The molecule has 0 saturated heterocycles. The topological polar surface area (TPSA) is 96.0 Å². The Bertz CT molecular complexity index is 1720. The van der Waals surface area contributed by atoms with Gasteiger partial charge < -0.3 is 15.0 Å². The first-order valence-corrected chi connectivity index (χ1v) is 17.0. The average molecular weight is 662 g/mol. The number of nitrogens with one attached hydrogen (secondary N) is 1. The van der Waals surface area contributed by atoms with Crippen LogP contribution in [0.1, 0.15) is 36.5 Å². The second-order valence-corrected chi connectivity index (χ2v) is 13.3. The van der Waals surface area contributed by atoms with E-state index in [2.05, 4.69) is 5.32 Å². The van der Waals surface area contributed by atoms with Gasteiger partial charge in [-0.1, -0.05) is 97.2 Å². The van der Waals surface area contributed by atoms with E-state index in [0.29, 0.717) is 12.3 Å². The number of methoxy groups -OCH3 is 1. The summed E-state index contributed by atoms with van der Waals surface area (Å²) in [6, 6.07) is 28.6. The van der Waals surface area contributed by atoms with Gasteiger partial charge in [0.2, 0.25) is 11.8 Å². The summed E-state index contributed by atoms with van der Waals surface area (Å²) in [5.74, 6) is -0.291. The van der Waals surface area contributed by atoms with E-state index < -0.39 is 28.5 Å². The molecule has 0 aliphatic carbocycles. The van der Waals surface area contributed by atoms with Gasteiger partial charge in [-0.3, -0.25) is 13.9 Å². The number of hydrogen-bond acceptors (Lipinski definition) is 5. The number of carbonyl (C=O) groups is 2. The average Bonchev–Trinajstić information content (AvgIpc) is 3.06. The smallest absolute Gasteiger partial charge is 0.264 e. The number of nitrogens with zero attached hydrogens (tertiary/aromatic N) is 2. The number of anilines is 1. The number of carbonyl (C=O) groups excluding carboxylic acids is 2. The Labute approximate surface area is 277 Å². The van der Waals surface area contributed by atoms with Gasteiger partial charge in [-0.2, -0.15) is 0 Å². The number of sulfonamides is 1. The molecule has 1 N–H and O–H groups in total. The van der Waals surface area contributed by atoms with Crippen molar-refractivity contribution < 1.29 is 22.7 Å². The Balaban J connectivity index is 1.81. The van der Waals surface area contributed by atoms with Crippen LogP contribution in [0, 0.1) is 6.92 Å². The van der Waals surface area contributed by atoms with Crippen molar-refractivity contribution in [1.82, 2.24) is 10.2 Å². The molecule has 0 aliphatic heterocycles. The molecular formula is C36H40ClN3O5S. The monoisotopic (exact) mass is 661 g/mol. The van der Waals surface area contributed by atoms with Crippen LogP contribution in [0.3, 0.4) is 0 Å². The number of benzene rings is 4. The first-order chi connectivity index (χ1) is 22.1. The van der Waals surface area contributed by atoms with Crippen LogP contribution >= 0.6 is 11.6 Å². The minimum Gasteiger partial charge on any atom is -0.497 e. The molecule has 0 heterocycles. The molecule has 8 nitrogen and oxygen atoms in total. The lowest BCUT2D eigenvalue weighted by Gasteiger charge is -2.34. The highest BCUT2D eigenvalue weighted by Gasteiger charge is 2.35. The van der Waals surface area contributed by atoms with Gasteiger partial charge in [-0.25, -0.2) is 8.42 Å². The summed E-state index contributed by atoms with van der Waals surface area (Å²) >= 11 is 6.55. The standard InChI is InChI=1S/C36H40ClN3O5S/c1-4-5-22-38-36(42)34(24-28-12-7-6-8-13-28)39(25-29-14-11-15-30(23-29)45-3)35(41)26-40(33-17-10-9-16-32(33)37)46(43,44)31-20-18-27(2)19-21-31/h6-21,23,34H,4-5,22,24-26H2,1-3H3,(H,38,42). The lowest BCUT2D eigenvalue weighted by atomic mass is 10.0. The first kappa shape index (κ1) is 34.5. The van der Waals surface area contributed by atoms with E-state index in [1.54, 1.807) is 55.6 Å². The maximum Gasteiger partial charge on any atom is 0.264 e. The van der Waals surface area contributed by atoms with E-state index in [-0.39, 0.29) is 34.5 Å². The first-order valence-electron chi connectivity index (χ1n) is 15.2. The zero-order chi connectivity index (χ0) is 33.1. The number of halogens is 1. The van der Waals surface area contributed by atoms with Crippen molar-refractivity contribution in [1.29, 1.82) is 0 Å². The quantitative estimate of drug-likeness (QED) is 0.149. The van der Waals surface area contributed by atoms with Gasteiger partial charge in [0.05, 0.1) is 22.7 Å². The molecule has 1 unspecified atom stereocenters. The summed E-state index contributed by atoms with van der Waals surface area (Å²) in [7, 11) is -2.69. The van der Waals surface area contributed by atoms with Crippen LogP contribution in [0.15, 0.2) is 108 Å². The summed E-state index contributed by atoms with van der Waals surface area (Å²) in [5.41, 5.74) is 2.63. The number of para-hydroxylation sites is 1. The molecule has 4 aromatic rings. The summed E-state index contributed by atoms with van der Waals surface area (Å²) < 4.78 is 34.8. The van der Waals surface area contributed by atoms with E-state index in [0.717, 1.165) is 33.8 Å². The summed E-state index contributed by atoms with van der Waals surface area (Å²) in [5, 5.41) is 3.16. The van der Waals surface area contributed by atoms with Gasteiger partial charge in [0.25, 0.3) is 10.0 Å². The number of hydrogen-bond donors (Lipinski definition) is 1. The third-order valence-corrected chi connectivity index (χ3v) is 9.69. The fourth-order valence-electron chi connectivity index (χ4n) is 5.03. The predicted octanol–water partition coefficient (Wildman–Crippen LogP) is 6.41. The molecule has 10 heteroatoms. The molecule has 0 aromatic heterocycles. The molecule has 2 amide bonds. The van der Waals surface area contributed by atoms with Crippen molar-refractivity contribution in [3.63, 3.8) is 0 Å². The molecule has 242 valence electrons. The highest BCUT2D eigenvalue weighted by atomic mass is 35.5. The van der Waals surface area contributed by atoms with Crippen LogP contribution < -0.4 is 14.4 Å². The minimum atomic E-state index is -4.25. The highest BCUT2D eigenvalue weighted by Crippen LogP contribution is 2.31. The fourth-order valence-corrected chi connectivity index (χ4v) is 6.75. The highest BCUT2D eigenvalue weighted by molar-refractivity contribution is 7.92. The van der Waals surface area contributed by atoms with Gasteiger partial charge >= 0.3 is 0 Å². The van der Waals surface area contributed by atoms with Crippen molar-refractivity contribution in [3.8, 4) is 5.75 Å². The molecule has 46 heavy (non-hydrogen) atoms. The zero-order valence-corrected chi connectivity index (χ0v) is 27.9. The van der Waals surface area contributed by atoms with Crippen LogP contribution in [0.5, 0.6) is 5.75 Å². The normalized spacial score (nSPS) is 11.8. The Hall–Kier alpha value is -4.34. The van der Waals surface area contributed by atoms with Gasteiger partial charge in [0, 0.05) is 19.5 Å². The Morgan fingerprint density at radius 2 is 1.57 bits per heavy atom. The van der Waals surface area contributed by atoms with Gasteiger partial charge in [0.1, 0.15) is 18.3 Å². The lowest BCUT2D eigenvalue weighted by Crippen LogP contribution is -2.53. The maximum absolute atomic E-state index is 14.6. The molecular weight excluding hydrogens is 622 g/mol. The second kappa shape index (κ2) is 16.3. The maximum atomic E-state index is 14.6. The zero-order valence-electron chi connectivity index (χ0n) is 26.4. The number of aryl methyl sites for hydroxylation is 1. The molecule has 0 saturated carbocycles. The molecule has 0 radical (unpaired) electrons. The van der Waals surface area contributed by atoms with E-state index in [4.69, 9.17) is 16.3 Å². The number of amides is 2. The Morgan fingerprint density at radius 1 is 0.891 bits per heavy atom. The molecule has 4 rings (SSSR count). The number of unbranched alkanes of at least 4 members (excludes halogenated alkanes) is 1.